The third-order valence-electron chi connectivity index (χ3n) is 3.59. The van der Waals surface area contributed by atoms with E-state index >= 15 is 0 Å². The molecule has 0 unspecified atom stereocenters. The van der Waals surface area contributed by atoms with Gasteiger partial charge in [-0.15, -0.1) is 0 Å². The van der Waals surface area contributed by atoms with Crippen LogP contribution >= 0.6 is 11.6 Å². The average Bonchev–Trinajstić information content (AvgIpc) is 2.81. The zero-order valence-electron chi connectivity index (χ0n) is 15.0. The Kier molecular flexibility index (Phi) is 9.06. The second-order valence-corrected chi connectivity index (χ2v) is 6.08. The molecule has 7 heteroatoms. The van der Waals surface area contributed by atoms with Gasteiger partial charge >= 0.3 is 0 Å². The number of halogens is 1. The van der Waals surface area contributed by atoms with Crippen molar-refractivity contribution in [1.82, 2.24) is 19.7 Å². The smallest absolute Gasteiger partial charge is 0.194 e. The number of hydrogen-bond acceptors (Lipinski definition) is 3. The monoisotopic (exact) mass is 343 g/mol. The van der Waals surface area contributed by atoms with Crippen molar-refractivity contribution in [3.63, 3.8) is 0 Å². The summed E-state index contributed by atoms with van der Waals surface area (Å²) in [6.07, 6.45) is 1.92. The molecule has 0 radical (unpaired) electrons. The van der Waals surface area contributed by atoms with E-state index in [4.69, 9.17) is 21.3 Å². The van der Waals surface area contributed by atoms with Gasteiger partial charge in [0.15, 0.2) is 5.96 Å². The Balaban J connectivity index is 2.57. The number of aryl methyl sites for hydroxylation is 1. The molecule has 0 saturated carbocycles. The SMILES string of the molecule is CCNC(=NCCN(C)CCOC)N(C)Cc1cc(Cl)cn1C. The fraction of sp³-hybridized carbons (Fsp3) is 0.688. The lowest BCUT2D eigenvalue weighted by atomic mass is 10.4. The highest BCUT2D eigenvalue weighted by atomic mass is 35.5. The maximum atomic E-state index is 6.05. The van der Waals surface area contributed by atoms with Gasteiger partial charge in [0, 0.05) is 52.7 Å². The van der Waals surface area contributed by atoms with Crippen LogP contribution in [0.1, 0.15) is 12.6 Å². The van der Waals surface area contributed by atoms with Gasteiger partial charge in [-0.1, -0.05) is 11.6 Å². The van der Waals surface area contributed by atoms with Crippen LogP contribution in [0.2, 0.25) is 5.02 Å². The molecule has 132 valence electrons. The molecule has 23 heavy (non-hydrogen) atoms. The quantitative estimate of drug-likeness (QED) is 0.547. The van der Waals surface area contributed by atoms with Crippen molar-refractivity contribution in [1.29, 1.82) is 0 Å². The first-order chi connectivity index (χ1) is 11.0. The summed E-state index contributed by atoms with van der Waals surface area (Å²) in [5.74, 6) is 0.907. The lowest BCUT2D eigenvalue weighted by Crippen LogP contribution is -2.39. The van der Waals surface area contributed by atoms with Crippen LogP contribution in [-0.4, -0.2) is 74.3 Å². The lowest BCUT2D eigenvalue weighted by molar-refractivity contribution is 0.163. The fourth-order valence-corrected chi connectivity index (χ4v) is 2.47. The predicted octanol–water partition coefficient (Wildman–Crippen LogP) is 1.65. The van der Waals surface area contributed by atoms with Gasteiger partial charge in [-0.3, -0.25) is 4.99 Å². The molecule has 0 saturated heterocycles. The van der Waals surface area contributed by atoms with Gasteiger partial charge < -0.3 is 24.4 Å². The molecule has 0 spiro atoms. The van der Waals surface area contributed by atoms with Gasteiger partial charge in [0.2, 0.25) is 0 Å². The van der Waals surface area contributed by atoms with Crippen LogP contribution in [0.4, 0.5) is 0 Å². The third kappa shape index (κ3) is 7.24. The molecule has 1 aromatic heterocycles. The van der Waals surface area contributed by atoms with Crippen molar-refractivity contribution >= 4 is 17.6 Å². The van der Waals surface area contributed by atoms with E-state index in [0.717, 1.165) is 56.0 Å². The van der Waals surface area contributed by atoms with Crippen molar-refractivity contribution in [3.05, 3.63) is 23.0 Å². The van der Waals surface area contributed by atoms with Crippen molar-refractivity contribution in [2.75, 3.05) is 54.0 Å². The van der Waals surface area contributed by atoms with Gasteiger partial charge in [-0.25, -0.2) is 0 Å². The molecule has 0 aliphatic carbocycles. The summed E-state index contributed by atoms with van der Waals surface area (Å²) < 4.78 is 7.13. The van der Waals surface area contributed by atoms with Crippen LogP contribution in [0.5, 0.6) is 0 Å². The third-order valence-corrected chi connectivity index (χ3v) is 3.80. The van der Waals surface area contributed by atoms with Gasteiger partial charge in [-0.05, 0) is 20.0 Å². The molecule has 1 aromatic rings. The summed E-state index contributed by atoms with van der Waals surface area (Å²) in [5, 5.41) is 4.10. The summed E-state index contributed by atoms with van der Waals surface area (Å²) in [7, 11) is 7.85. The van der Waals surface area contributed by atoms with Crippen molar-refractivity contribution in [2.24, 2.45) is 12.0 Å². The molecule has 0 aliphatic rings. The Hall–Kier alpha value is -1.24. The zero-order chi connectivity index (χ0) is 17.2. The summed E-state index contributed by atoms with van der Waals surface area (Å²) in [5.41, 5.74) is 1.15. The van der Waals surface area contributed by atoms with Gasteiger partial charge in [-0.2, -0.15) is 0 Å². The van der Waals surface area contributed by atoms with Crippen LogP contribution in [0.3, 0.4) is 0 Å². The van der Waals surface area contributed by atoms with E-state index in [2.05, 4.69) is 29.1 Å². The molecule has 6 nitrogen and oxygen atoms in total. The number of nitrogens with one attached hydrogen (secondary N) is 1. The van der Waals surface area contributed by atoms with E-state index in [1.54, 1.807) is 7.11 Å². The molecule has 0 aromatic carbocycles. The summed E-state index contributed by atoms with van der Waals surface area (Å²) in [4.78, 5) is 9.03. The summed E-state index contributed by atoms with van der Waals surface area (Å²) in [6.45, 7) is 7.00. The van der Waals surface area contributed by atoms with Crippen molar-refractivity contribution < 1.29 is 4.74 Å². The summed E-state index contributed by atoms with van der Waals surface area (Å²) >= 11 is 6.05. The molecule has 1 heterocycles. The first kappa shape index (κ1) is 19.8. The number of aliphatic imine (C=N–C) groups is 1. The lowest BCUT2D eigenvalue weighted by Gasteiger charge is -2.23. The largest absolute Gasteiger partial charge is 0.383 e. The van der Waals surface area contributed by atoms with E-state index in [9.17, 15) is 0 Å². The van der Waals surface area contributed by atoms with Crippen LogP contribution in [-0.2, 0) is 18.3 Å². The number of likely N-dealkylation sites (N-methyl/N-ethyl adjacent to an activating group) is 1. The van der Waals surface area contributed by atoms with Crippen LogP contribution < -0.4 is 5.32 Å². The number of guanidine groups is 1. The Morgan fingerprint density at radius 3 is 2.70 bits per heavy atom. The van der Waals surface area contributed by atoms with Gasteiger partial charge in [0.25, 0.3) is 0 Å². The predicted molar refractivity (Wildman–Crippen MR) is 97.2 cm³/mol. The minimum absolute atomic E-state index is 0.744. The van der Waals surface area contributed by atoms with Gasteiger partial charge in [0.1, 0.15) is 0 Å². The zero-order valence-corrected chi connectivity index (χ0v) is 15.7. The minimum Gasteiger partial charge on any atom is -0.383 e. The number of ether oxygens (including phenoxy) is 1. The van der Waals surface area contributed by atoms with Crippen LogP contribution in [0, 0.1) is 0 Å². The average molecular weight is 344 g/mol. The second-order valence-electron chi connectivity index (χ2n) is 5.65. The Labute approximate surface area is 145 Å². The highest BCUT2D eigenvalue weighted by Crippen LogP contribution is 2.14. The van der Waals surface area contributed by atoms with E-state index in [1.807, 2.05) is 30.9 Å². The van der Waals surface area contributed by atoms with Crippen LogP contribution in [0.25, 0.3) is 0 Å². The highest BCUT2D eigenvalue weighted by molar-refractivity contribution is 6.30. The van der Waals surface area contributed by atoms with E-state index in [-0.39, 0.29) is 0 Å². The maximum absolute atomic E-state index is 6.05. The molecule has 0 fully saturated rings. The topological polar surface area (TPSA) is 45.0 Å². The maximum Gasteiger partial charge on any atom is 0.194 e. The highest BCUT2D eigenvalue weighted by Gasteiger charge is 2.09. The summed E-state index contributed by atoms with van der Waals surface area (Å²) in [6, 6.07) is 1.99. The molecular weight excluding hydrogens is 314 g/mol. The molecular formula is C16H30ClN5O. The first-order valence-electron chi connectivity index (χ1n) is 7.95. The first-order valence-corrected chi connectivity index (χ1v) is 8.33. The molecule has 1 rings (SSSR count). The van der Waals surface area contributed by atoms with Gasteiger partial charge in [0.05, 0.1) is 24.7 Å². The fourth-order valence-electron chi connectivity index (χ4n) is 2.20. The van der Waals surface area contributed by atoms with E-state index < -0.39 is 0 Å². The number of rotatable bonds is 9. The normalized spacial score (nSPS) is 12.0. The molecule has 0 bridgehead atoms. The number of aromatic nitrogens is 1. The number of nitrogens with zero attached hydrogens (tertiary/aromatic N) is 4. The second kappa shape index (κ2) is 10.5. The molecule has 0 aliphatic heterocycles. The van der Waals surface area contributed by atoms with E-state index in [1.165, 1.54) is 0 Å². The minimum atomic E-state index is 0.744. The molecule has 0 atom stereocenters. The molecule has 1 N–H and O–H groups in total. The number of hydrogen-bond donors (Lipinski definition) is 1. The van der Waals surface area contributed by atoms with Crippen molar-refractivity contribution in [3.8, 4) is 0 Å². The molecule has 0 amide bonds. The Morgan fingerprint density at radius 1 is 1.39 bits per heavy atom. The van der Waals surface area contributed by atoms with Crippen molar-refractivity contribution in [2.45, 2.75) is 13.5 Å². The Bertz CT molecular complexity index is 489. The Morgan fingerprint density at radius 2 is 2.13 bits per heavy atom. The van der Waals surface area contributed by atoms with Crippen LogP contribution in [0.15, 0.2) is 17.3 Å². The standard InChI is InChI=1S/C16H30ClN5O/c1-6-18-16(19-7-8-20(2)9-10-23-5)22(4)13-15-11-14(17)12-21(15)3/h11-12H,6-10,13H2,1-5H3,(H,18,19). The van der Waals surface area contributed by atoms with E-state index in [0.29, 0.717) is 0 Å². The number of methoxy groups -OCH3 is 1.